The molecular weight excluding hydrogens is 272 g/mol. The van der Waals surface area contributed by atoms with Crippen LogP contribution in [0.1, 0.15) is 34.6 Å². The molecule has 0 aromatic carbocycles. The van der Waals surface area contributed by atoms with E-state index < -0.39 is 5.12 Å². The van der Waals surface area contributed by atoms with Gasteiger partial charge in [-0.25, -0.2) is 0 Å². The van der Waals surface area contributed by atoms with Gasteiger partial charge in [-0.1, -0.05) is 10.8 Å². The van der Waals surface area contributed by atoms with Gasteiger partial charge < -0.3 is 18.9 Å². The maximum Gasteiger partial charge on any atom is 0.225 e. The van der Waals surface area contributed by atoms with Crippen molar-refractivity contribution in [2.45, 2.75) is 46.0 Å². The molecule has 0 rings (SSSR count). The summed E-state index contributed by atoms with van der Waals surface area (Å²) in [6, 6.07) is 0. The van der Waals surface area contributed by atoms with E-state index in [-0.39, 0.29) is 6.29 Å². The van der Waals surface area contributed by atoms with Gasteiger partial charge in [0.1, 0.15) is 0 Å². The molecule has 0 saturated heterocycles. The molecule has 0 heterocycles. The third-order valence-corrected chi connectivity index (χ3v) is 4.67. The van der Waals surface area contributed by atoms with Crippen LogP contribution in [0.3, 0.4) is 0 Å². The number of hydrogen-bond acceptors (Lipinski definition) is 6. The molecule has 6 heteroatoms. The maximum atomic E-state index is 5.61. The van der Waals surface area contributed by atoms with Gasteiger partial charge in [-0.3, -0.25) is 0 Å². The van der Waals surface area contributed by atoms with Crippen LogP contribution in [0.15, 0.2) is 0 Å². The Morgan fingerprint density at radius 3 is 1.78 bits per heavy atom. The molecule has 0 aromatic heterocycles. The number of rotatable bonds is 12. The zero-order valence-electron chi connectivity index (χ0n) is 12.1. The number of hydrogen-bond donors (Lipinski definition) is 0. The normalized spacial score (nSPS) is 12.3. The van der Waals surface area contributed by atoms with E-state index in [1.165, 1.54) is 0 Å². The van der Waals surface area contributed by atoms with Crippen LogP contribution in [0.2, 0.25) is 0 Å². The van der Waals surface area contributed by atoms with Crippen LogP contribution in [-0.4, -0.2) is 43.6 Å². The molecule has 0 atom stereocenters. The molecule has 0 unspecified atom stereocenters. The van der Waals surface area contributed by atoms with E-state index >= 15 is 0 Å². The lowest BCUT2D eigenvalue weighted by molar-refractivity contribution is -0.151. The highest BCUT2D eigenvalue weighted by atomic mass is 33.1. The van der Waals surface area contributed by atoms with Crippen LogP contribution < -0.4 is 0 Å². The first-order valence-electron chi connectivity index (χ1n) is 6.43. The summed E-state index contributed by atoms with van der Waals surface area (Å²) in [4.78, 5) is 0. The van der Waals surface area contributed by atoms with Crippen molar-refractivity contribution in [2.24, 2.45) is 0 Å². The number of ether oxygens (including phenoxy) is 4. The third kappa shape index (κ3) is 8.61. The first-order valence-corrected chi connectivity index (χ1v) is 8.75. The van der Waals surface area contributed by atoms with Crippen molar-refractivity contribution in [3.05, 3.63) is 0 Å². The summed E-state index contributed by atoms with van der Waals surface area (Å²) >= 11 is 0. The Kier molecular flexibility index (Phi) is 11.7. The Hall–Kier alpha value is 0.540. The highest BCUT2D eigenvalue weighted by Crippen LogP contribution is 2.38. The van der Waals surface area contributed by atoms with Gasteiger partial charge in [0.25, 0.3) is 0 Å². The molecule has 4 nitrogen and oxygen atoms in total. The SMILES string of the molecule is CCOC(CSSC(C)(OCC)OCC)OCC. The second kappa shape index (κ2) is 11.4. The van der Waals surface area contributed by atoms with Crippen molar-refractivity contribution in [3.63, 3.8) is 0 Å². The first-order chi connectivity index (χ1) is 8.61. The predicted octanol–water partition coefficient (Wildman–Crippen LogP) is 3.51. The fourth-order valence-electron chi connectivity index (χ4n) is 1.33. The molecule has 0 aliphatic heterocycles. The van der Waals surface area contributed by atoms with Gasteiger partial charge in [0.15, 0.2) is 6.29 Å². The summed E-state index contributed by atoms with van der Waals surface area (Å²) in [5, 5.41) is -0.600. The van der Waals surface area contributed by atoms with Gasteiger partial charge in [-0.05, 0) is 38.5 Å². The van der Waals surface area contributed by atoms with E-state index in [1.807, 2.05) is 34.6 Å². The van der Waals surface area contributed by atoms with Crippen LogP contribution in [0.4, 0.5) is 0 Å². The molecule has 0 radical (unpaired) electrons. The molecular formula is C12H26O4S2. The van der Waals surface area contributed by atoms with Gasteiger partial charge in [-0.15, -0.1) is 0 Å². The van der Waals surface area contributed by atoms with Crippen molar-refractivity contribution < 1.29 is 18.9 Å². The summed E-state index contributed by atoms with van der Waals surface area (Å²) in [6.45, 7) is 12.4. The highest BCUT2D eigenvalue weighted by Gasteiger charge is 2.26. The lowest BCUT2D eigenvalue weighted by atomic mass is 10.7. The lowest BCUT2D eigenvalue weighted by Crippen LogP contribution is -2.28. The van der Waals surface area contributed by atoms with Crippen LogP contribution in [0.25, 0.3) is 0 Å². The predicted molar refractivity (Wildman–Crippen MR) is 78.7 cm³/mol. The molecule has 0 aromatic rings. The topological polar surface area (TPSA) is 36.9 Å². The molecule has 0 spiro atoms. The second-order valence-corrected chi connectivity index (χ2v) is 6.12. The standard InChI is InChI=1S/C12H26O4S2/c1-6-13-11(14-7-2)10-17-18-12(5,15-8-3)16-9-4/h11H,6-10H2,1-5H3. The molecule has 0 aliphatic carbocycles. The van der Waals surface area contributed by atoms with E-state index in [2.05, 4.69) is 0 Å². The Morgan fingerprint density at radius 1 is 0.889 bits per heavy atom. The Bertz CT molecular complexity index is 181. The van der Waals surface area contributed by atoms with Crippen molar-refractivity contribution in [2.75, 3.05) is 32.2 Å². The lowest BCUT2D eigenvalue weighted by Gasteiger charge is -2.28. The fraction of sp³-hybridized carbons (Fsp3) is 1.00. The molecule has 0 aliphatic rings. The highest BCUT2D eigenvalue weighted by molar-refractivity contribution is 8.77. The zero-order chi connectivity index (χ0) is 13.9. The summed E-state index contributed by atoms with van der Waals surface area (Å²) in [6.07, 6.45) is -0.162. The van der Waals surface area contributed by atoms with Crippen LogP contribution in [-0.2, 0) is 18.9 Å². The Labute approximate surface area is 119 Å². The van der Waals surface area contributed by atoms with Gasteiger partial charge in [-0.2, -0.15) is 0 Å². The van der Waals surface area contributed by atoms with Gasteiger partial charge in [0, 0.05) is 33.4 Å². The molecule has 0 bridgehead atoms. The van der Waals surface area contributed by atoms with Crippen molar-refractivity contribution in [1.29, 1.82) is 0 Å². The van der Waals surface area contributed by atoms with Crippen molar-refractivity contribution >= 4 is 21.6 Å². The summed E-state index contributed by atoms with van der Waals surface area (Å²) in [7, 11) is 3.21. The van der Waals surface area contributed by atoms with E-state index in [0.717, 1.165) is 5.75 Å². The Morgan fingerprint density at radius 2 is 1.39 bits per heavy atom. The zero-order valence-corrected chi connectivity index (χ0v) is 13.7. The van der Waals surface area contributed by atoms with Crippen LogP contribution in [0, 0.1) is 0 Å². The van der Waals surface area contributed by atoms with Gasteiger partial charge in [0.2, 0.25) is 5.12 Å². The molecule has 0 saturated carbocycles. The van der Waals surface area contributed by atoms with Gasteiger partial charge >= 0.3 is 0 Å². The first kappa shape index (κ1) is 18.5. The van der Waals surface area contributed by atoms with Crippen LogP contribution >= 0.6 is 21.6 Å². The smallest absolute Gasteiger partial charge is 0.225 e. The van der Waals surface area contributed by atoms with E-state index in [4.69, 9.17) is 18.9 Å². The third-order valence-electron chi connectivity index (χ3n) is 1.93. The quantitative estimate of drug-likeness (QED) is 0.405. The van der Waals surface area contributed by atoms with Crippen molar-refractivity contribution in [3.8, 4) is 0 Å². The minimum Gasteiger partial charge on any atom is -0.352 e. The second-order valence-electron chi connectivity index (χ2n) is 3.44. The Balaban J connectivity index is 4.01. The minimum absolute atomic E-state index is 0.162. The molecule has 110 valence electrons. The fourth-order valence-corrected chi connectivity index (χ4v) is 3.71. The molecule has 18 heavy (non-hydrogen) atoms. The summed E-state index contributed by atoms with van der Waals surface area (Å²) in [5.41, 5.74) is 0. The maximum absolute atomic E-state index is 5.61. The molecule has 0 N–H and O–H groups in total. The average Bonchev–Trinajstić information content (AvgIpc) is 2.30. The minimum atomic E-state index is -0.600. The molecule has 0 fully saturated rings. The van der Waals surface area contributed by atoms with E-state index in [0.29, 0.717) is 26.4 Å². The van der Waals surface area contributed by atoms with Crippen molar-refractivity contribution in [1.82, 2.24) is 0 Å². The van der Waals surface area contributed by atoms with E-state index in [9.17, 15) is 0 Å². The monoisotopic (exact) mass is 298 g/mol. The summed E-state index contributed by atoms with van der Waals surface area (Å²) < 4.78 is 22.2. The molecule has 0 amide bonds. The van der Waals surface area contributed by atoms with E-state index in [1.54, 1.807) is 21.6 Å². The average molecular weight is 298 g/mol. The summed E-state index contributed by atoms with van der Waals surface area (Å²) in [5.74, 6) is 0.752. The largest absolute Gasteiger partial charge is 0.352 e. The van der Waals surface area contributed by atoms with Crippen LogP contribution in [0.5, 0.6) is 0 Å². The van der Waals surface area contributed by atoms with Gasteiger partial charge in [0.05, 0.1) is 5.75 Å².